The fourth-order valence-electron chi connectivity index (χ4n) is 3.54. The van der Waals surface area contributed by atoms with Gasteiger partial charge in [0.05, 0.1) is 6.61 Å². The summed E-state index contributed by atoms with van der Waals surface area (Å²) in [4.78, 5) is 29.2. The number of aliphatic carboxylic acids is 1. The van der Waals surface area contributed by atoms with Crippen LogP contribution in [0.3, 0.4) is 0 Å². The molecule has 2 aliphatic heterocycles. The largest absolute Gasteiger partial charge is 0.480 e. The van der Waals surface area contributed by atoms with E-state index in [1.165, 1.54) is 0 Å². The van der Waals surface area contributed by atoms with E-state index >= 15 is 0 Å². The van der Waals surface area contributed by atoms with Crippen LogP contribution in [-0.2, 0) is 14.3 Å². The van der Waals surface area contributed by atoms with Crippen molar-refractivity contribution in [3.63, 3.8) is 0 Å². The van der Waals surface area contributed by atoms with E-state index in [-0.39, 0.29) is 12.7 Å². The van der Waals surface area contributed by atoms with Gasteiger partial charge in [0.15, 0.2) is 0 Å². The van der Waals surface area contributed by atoms with E-state index in [9.17, 15) is 9.59 Å². The van der Waals surface area contributed by atoms with Gasteiger partial charge in [-0.25, -0.2) is 9.59 Å². The van der Waals surface area contributed by atoms with Crippen molar-refractivity contribution in [1.29, 1.82) is 0 Å². The minimum Gasteiger partial charge on any atom is -0.480 e. The first-order valence-electron chi connectivity index (χ1n) is 9.95. The molecule has 0 saturated carbocycles. The lowest BCUT2D eigenvalue weighted by Crippen LogP contribution is -2.50. The summed E-state index contributed by atoms with van der Waals surface area (Å²) in [6, 6.07) is 0. The van der Waals surface area contributed by atoms with Crippen LogP contribution < -0.4 is 0 Å². The van der Waals surface area contributed by atoms with Gasteiger partial charge in [-0.3, -0.25) is 4.90 Å². The van der Waals surface area contributed by atoms with E-state index in [2.05, 4.69) is 9.80 Å². The molecule has 0 aromatic rings. The Balaban J connectivity index is 1.59. The van der Waals surface area contributed by atoms with Crippen LogP contribution in [0, 0.1) is 5.92 Å². The fourth-order valence-corrected chi connectivity index (χ4v) is 3.54. The molecule has 0 aromatic heterocycles. The predicted octanol–water partition coefficient (Wildman–Crippen LogP) is 1.35. The Morgan fingerprint density at radius 1 is 1.00 bits per heavy atom. The molecule has 8 nitrogen and oxygen atoms in total. The molecule has 1 N–H and O–H groups in total. The summed E-state index contributed by atoms with van der Waals surface area (Å²) in [5.41, 5.74) is -0.438. The van der Waals surface area contributed by atoms with Crippen molar-refractivity contribution in [2.45, 2.75) is 39.2 Å². The lowest BCUT2D eigenvalue weighted by atomic mass is 9.96. The molecule has 0 bridgehead atoms. The van der Waals surface area contributed by atoms with Crippen molar-refractivity contribution in [2.24, 2.45) is 5.92 Å². The van der Waals surface area contributed by atoms with Crippen LogP contribution in [0.5, 0.6) is 0 Å². The molecule has 2 fully saturated rings. The predicted molar refractivity (Wildman–Crippen MR) is 102 cm³/mol. The van der Waals surface area contributed by atoms with Crippen LogP contribution >= 0.6 is 0 Å². The van der Waals surface area contributed by atoms with Crippen LogP contribution in [0.2, 0.25) is 0 Å². The van der Waals surface area contributed by atoms with E-state index < -0.39 is 11.6 Å². The van der Waals surface area contributed by atoms with Crippen molar-refractivity contribution in [3.05, 3.63) is 0 Å². The highest BCUT2D eigenvalue weighted by atomic mass is 16.6. The number of piperazine rings is 1. The molecule has 0 spiro atoms. The summed E-state index contributed by atoms with van der Waals surface area (Å²) < 4.78 is 10.6. The zero-order chi connectivity index (χ0) is 19.9. The summed E-state index contributed by atoms with van der Waals surface area (Å²) in [5.74, 6) is -0.285. The van der Waals surface area contributed by atoms with E-state index in [4.69, 9.17) is 14.6 Å². The van der Waals surface area contributed by atoms with Gasteiger partial charge in [0.2, 0.25) is 0 Å². The highest BCUT2D eigenvalue weighted by Crippen LogP contribution is 2.21. The second-order valence-corrected chi connectivity index (χ2v) is 8.50. The minimum atomic E-state index is -0.919. The van der Waals surface area contributed by atoms with Gasteiger partial charge >= 0.3 is 12.1 Å². The second-order valence-electron chi connectivity index (χ2n) is 8.50. The van der Waals surface area contributed by atoms with E-state index in [1.54, 1.807) is 0 Å². The maximum Gasteiger partial charge on any atom is 0.410 e. The Bertz CT molecular complexity index is 478. The van der Waals surface area contributed by atoms with Gasteiger partial charge < -0.3 is 24.4 Å². The maximum atomic E-state index is 12.1. The normalized spacial score (nSPS) is 20.6. The maximum absolute atomic E-state index is 12.1. The lowest BCUT2D eigenvalue weighted by Gasteiger charge is -2.39. The van der Waals surface area contributed by atoms with E-state index in [1.807, 2.05) is 25.7 Å². The number of hydrogen-bond donors (Lipinski definition) is 1. The van der Waals surface area contributed by atoms with E-state index in [0.717, 1.165) is 65.2 Å². The fraction of sp³-hybridized carbons (Fsp3) is 0.895. The smallest absolute Gasteiger partial charge is 0.410 e. The summed E-state index contributed by atoms with van der Waals surface area (Å²) >= 11 is 0. The molecule has 156 valence electrons. The number of carboxylic acid groups (broad SMARTS) is 1. The first kappa shape index (κ1) is 21.9. The van der Waals surface area contributed by atoms with Crippen molar-refractivity contribution >= 4 is 12.1 Å². The number of carboxylic acids is 1. The van der Waals surface area contributed by atoms with Crippen molar-refractivity contribution < 1.29 is 24.2 Å². The standard InChI is InChI=1S/C19H35N3O5/c1-19(2,3)27-18(25)22-6-4-16(5-7-22)14-21-10-8-20(9-11-21)12-13-26-15-17(23)24/h16H,4-15H2,1-3H3,(H,23,24). The number of amides is 1. The number of carbonyl (C=O) groups excluding carboxylic acids is 1. The number of ether oxygens (including phenoxy) is 2. The highest BCUT2D eigenvalue weighted by molar-refractivity contribution is 5.68. The Hall–Kier alpha value is -1.38. The van der Waals surface area contributed by atoms with Crippen LogP contribution in [0.1, 0.15) is 33.6 Å². The average Bonchev–Trinajstić information content (AvgIpc) is 2.59. The van der Waals surface area contributed by atoms with Gasteiger partial charge in [-0.15, -0.1) is 0 Å². The molecule has 2 heterocycles. The van der Waals surface area contributed by atoms with Gasteiger partial charge in [-0.2, -0.15) is 0 Å². The Morgan fingerprint density at radius 2 is 1.59 bits per heavy atom. The number of piperidine rings is 1. The number of nitrogens with zero attached hydrogens (tertiary/aromatic N) is 3. The Morgan fingerprint density at radius 3 is 2.15 bits per heavy atom. The number of likely N-dealkylation sites (tertiary alicyclic amines) is 1. The van der Waals surface area contributed by atoms with Crippen LogP contribution in [0.15, 0.2) is 0 Å². The molecule has 2 saturated heterocycles. The molecule has 2 aliphatic rings. The lowest BCUT2D eigenvalue weighted by molar-refractivity contribution is -0.142. The van der Waals surface area contributed by atoms with Crippen molar-refractivity contribution in [1.82, 2.24) is 14.7 Å². The molecule has 0 aromatic carbocycles. The SMILES string of the molecule is CC(C)(C)OC(=O)N1CCC(CN2CCN(CCOCC(=O)O)CC2)CC1. The summed E-state index contributed by atoms with van der Waals surface area (Å²) in [7, 11) is 0. The topological polar surface area (TPSA) is 82.5 Å². The number of hydrogen-bond acceptors (Lipinski definition) is 6. The second kappa shape index (κ2) is 10.2. The van der Waals surface area contributed by atoms with Crippen LogP contribution in [0.25, 0.3) is 0 Å². The van der Waals surface area contributed by atoms with Gasteiger partial charge in [0.25, 0.3) is 0 Å². The molecule has 8 heteroatoms. The molecular weight excluding hydrogens is 350 g/mol. The summed E-state index contributed by atoms with van der Waals surface area (Å²) in [6.07, 6.45) is 1.87. The van der Waals surface area contributed by atoms with Crippen LogP contribution in [0.4, 0.5) is 4.79 Å². The third-order valence-electron chi connectivity index (χ3n) is 5.02. The summed E-state index contributed by atoms with van der Waals surface area (Å²) in [5, 5.41) is 8.56. The third kappa shape index (κ3) is 8.45. The molecular formula is C19H35N3O5. The molecule has 1 amide bonds. The zero-order valence-corrected chi connectivity index (χ0v) is 17.0. The Kier molecular flexibility index (Phi) is 8.31. The number of carbonyl (C=O) groups is 2. The monoisotopic (exact) mass is 385 g/mol. The first-order chi connectivity index (χ1) is 12.7. The molecule has 0 aliphatic carbocycles. The van der Waals surface area contributed by atoms with Gasteiger partial charge in [0.1, 0.15) is 12.2 Å². The average molecular weight is 386 g/mol. The molecule has 0 unspecified atom stereocenters. The molecule has 0 atom stereocenters. The Labute approximate surface area is 162 Å². The van der Waals surface area contributed by atoms with E-state index in [0.29, 0.717) is 12.5 Å². The molecule has 0 radical (unpaired) electrons. The minimum absolute atomic E-state index is 0.195. The summed E-state index contributed by atoms with van der Waals surface area (Å²) in [6.45, 7) is 13.4. The van der Waals surface area contributed by atoms with Crippen molar-refractivity contribution in [2.75, 3.05) is 65.6 Å². The third-order valence-corrected chi connectivity index (χ3v) is 5.02. The molecule has 2 rings (SSSR count). The number of rotatable bonds is 7. The van der Waals surface area contributed by atoms with Gasteiger partial charge in [0, 0.05) is 52.4 Å². The molecule has 27 heavy (non-hydrogen) atoms. The van der Waals surface area contributed by atoms with Crippen molar-refractivity contribution in [3.8, 4) is 0 Å². The quantitative estimate of drug-likeness (QED) is 0.663. The highest BCUT2D eigenvalue weighted by Gasteiger charge is 2.28. The first-order valence-corrected chi connectivity index (χ1v) is 9.95. The van der Waals surface area contributed by atoms with Gasteiger partial charge in [-0.1, -0.05) is 0 Å². The van der Waals surface area contributed by atoms with Gasteiger partial charge in [-0.05, 0) is 39.5 Å². The zero-order valence-electron chi connectivity index (χ0n) is 17.0. The van der Waals surface area contributed by atoms with Crippen LogP contribution in [-0.4, -0.2) is 103 Å².